The number of fused-ring (bicyclic) bond motifs is 1. The molecule has 2 heterocycles. The number of methoxy groups -OCH3 is 1. The zero-order valence-corrected chi connectivity index (χ0v) is 18.2. The molecule has 0 aliphatic carbocycles. The van der Waals surface area contributed by atoms with Gasteiger partial charge in [0.2, 0.25) is 5.91 Å². The number of halogens is 1. The van der Waals surface area contributed by atoms with E-state index in [-0.39, 0.29) is 17.6 Å². The number of amides is 1. The molecule has 1 aliphatic heterocycles. The molecule has 1 aromatic heterocycles. The monoisotopic (exact) mass is 437 g/mol. The van der Waals surface area contributed by atoms with Crippen LogP contribution in [0.3, 0.4) is 0 Å². The van der Waals surface area contributed by atoms with Gasteiger partial charge in [0.15, 0.2) is 0 Å². The van der Waals surface area contributed by atoms with Crippen molar-refractivity contribution < 1.29 is 18.7 Å². The highest BCUT2D eigenvalue weighted by atomic mass is 19.1. The van der Waals surface area contributed by atoms with Crippen LogP contribution in [0.15, 0.2) is 60.8 Å². The SMILES string of the molecule is COCCN(CCOc1ccc(F)cc1)C(=O)[C@H]1CCn2c(cnc2-c2ccccc2)C1. The van der Waals surface area contributed by atoms with Crippen LogP contribution in [0.1, 0.15) is 12.1 Å². The van der Waals surface area contributed by atoms with Gasteiger partial charge in [-0.15, -0.1) is 0 Å². The number of nitrogens with zero attached hydrogens (tertiary/aromatic N) is 3. The predicted octanol–water partition coefficient (Wildman–Crippen LogP) is 3.81. The first kappa shape index (κ1) is 22.0. The molecule has 168 valence electrons. The minimum absolute atomic E-state index is 0.0921. The molecule has 1 aliphatic rings. The van der Waals surface area contributed by atoms with Crippen LogP contribution in [-0.4, -0.2) is 53.8 Å². The number of benzene rings is 2. The average molecular weight is 438 g/mol. The fourth-order valence-electron chi connectivity index (χ4n) is 4.09. The first-order chi connectivity index (χ1) is 15.7. The van der Waals surface area contributed by atoms with E-state index >= 15 is 0 Å². The van der Waals surface area contributed by atoms with Crippen LogP contribution < -0.4 is 4.74 Å². The van der Waals surface area contributed by atoms with Gasteiger partial charge in [-0.3, -0.25) is 4.79 Å². The smallest absolute Gasteiger partial charge is 0.226 e. The van der Waals surface area contributed by atoms with Crippen molar-refractivity contribution in [3.05, 3.63) is 72.3 Å². The van der Waals surface area contributed by atoms with Crippen molar-refractivity contribution in [1.82, 2.24) is 14.5 Å². The minimum atomic E-state index is -0.304. The van der Waals surface area contributed by atoms with Crippen LogP contribution in [0.5, 0.6) is 5.75 Å². The molecule has 1 amide bonds. The van der Waals surface area contributed by atoms with Crippen molar-refractivity contribution in [2.24, 2.45) is 5.92 Å². The third kappa shape index (κ3) is 5.16. The fourth-order valence-corrected chi connectivity index (χ4v) is 4.09. The lowest BCUT2D eigenvalue weighted by atomic mass is 9.94. The van der Waals surface area contributed by atoms with Crippen molar-refractivity contribution in [3.8, 4) is 17.1 Å². The minimum Gasteiger partial charge on any atom is -0.492 e. The summed E-state index contributed by atoms with van der Waals surface area (Å²) in [7, 11) is 1.63. The molecule has 2 aromatic carbocycles. The van der Waals surface area contributed by atoms with E-state index in [1.54, 1.807) is 19.2 Å². The molecule has 3 aromatic rings. The van der Waals surface area contributed by atoms with Gasteiger partial charge in [0.1, 0.15) is 24.0 Å². The van der Waals surface area contributed by atoms with Crippen LogP contribution in [0, 0.1) is 11.7 Å². The molecule has 0 N–H and O–H groups in total. The molecule has 0 radical (unpaired) electrons. The van der Waals surface area contributed by atoms with E-state index in [2.05, 4.69) is 21.7 Å². The second-order valence-corrected chi connectivity index (χ2v) is 7.90. The summed E-state index contributed by atoms with van der Waals surface area (Å²) in [5.74, 6) is 1.25. The van der Waals surface area contributed by atoms with Gasteiger partial charge in [0.05, 0.1) is 13.2 Å². The van der Waals surface area contributed by atoms with E-state index in [0.29, 0.717) is 38.5 Å². The third-order valence-electron chi connectivity index (χ3n) is 5.80. The van der Waals surface area contributed by atoms with Crippen LogP contribution in [0.25, 0.3) is 11.4 Å². The first-order valence-electron chi connectivity index (χ1n) is 10.9. The fraction of sp³-hybridized carbons (Fsp3) is 0.360. The summed E-state index contributed by atoms with van der Waals surface area (Å²) in [5, 5.41) is 0. The lowest BCUT2D eigenvalue weighted by Crippen LogP contribution is -2.42. The molecule has 0 saturated carbocycles. The van der Waals surface area contributed by atoms with Gasteiger partial charge < -0.3 is 18.9 Å². The Morgan fingerprint density at radius 1 is 1.12 bits per heavy atom. The number of rotatable bonds is 9. The number of ether oxygens (including phenoxy) is 2. The van der Waals surface area contributed by atoms with E-state index in [0.717, 1.165) is 30.0 Å². The van der Waals surface area contributed by atoms with Crippen LogP contribution in [0.2, 0.25) is 0 Å². The van der Waals surface area contributed by atoms with Crippen molar-refractivity contribution in [2.75, 3.05) is 33.4 Å². The Morgan fingerprint density at radius 2 is 1.88 bits per heavy atom. The van der Waals surface area contributed by atoms with Gasteiger partial charge in [0, 0.05) is 50.0 Å². The summed E-state index contributed by atoms with van der Waals surface area (Å²) in [5.41, 5.74) is 2.17. The highest BCUT2D eigenvalue weighted by Gasteiger charge is 2.30. The van der Waals surface area contributed by atoms with Gasteiger partial charge in [-0.05, 0) is 30.7 Å². The summed E-state index contributed by atoms with van der Waals surface area (Å²) in [4.78, 5) is 19.7. The molecule has 0 unspecified atom stereocenters. The Bertz CT molecular complexity index is 1020. The first-order valence-corrected chi connectivity index (χ1v) is 10.9. The van der Waals surface area contributed by atoms with Gasteiger partial charge in [-0.2, -0.15) is 0 Å². The van der Waals surface area contributed by atoms with E-state index in [1.807, 2.05) is 29.3 Å². The molecular weight excluding hydrogens is 409 g/mol. The van der Waals surface area contributed by atoms with Crippen molar-refractivity contribution in [2.45, 2.75) is 19.4 Å². The molecule has 0 spiro atoms. The van der Waals surface area contributed by atoms with Gasteiger partial charge in [-0.1, -0.05) is 30.3 Å². The number of hydrogen-bond donors (Lipinski definition) is 0. The van der Waals surface area contributed by atoms with Crippen LogP contribution >= 0.6 is 0 Å². The Labute approximate surface area is 187 Å². The number of carbonyl (C=O) groups excluding carboxylic acids is 1. The molecular formula is C25H28FN3O3. The molecule has 0 bridgehead atoms. The van der Waals surface area contributed by atoms with Gasteiger partial charge in [0.25, 0.3) is 0 Å². The maximum absolute atomic E-state index is 13.3. The summed E-state index contributed by atoms with van der Waals surface area (Å²) < 4.78 is 26.2. The van der Waals surface area contributed by atoms with Crippen molar-refractivity contribution in [3.63, 3.8) is 0 Å². The molecule has 32 heavy (non-hydrogen) atoms. The summed E-state index contributed by atoms with van der Waals surface area (Å²) >= 11 is 0. The maximum Gasteiger partial charge on any atom is 0.226 e. The number of aromatic nitrogens is 2. The topological polar surface area (TPSA) is 56.6 Å². The van der Waals surface area contributed by atoms with E-state index in [1.165, 1.54) is 12.1 Å². The van der Waals surface area contributed by atoms with Crippen LogP contribution in [-0.2, 0) is 22.5 Å². The Morgan fingerprint density at radius 3 is 2.62 bits per heavy atom. The van der Waals surface area contributed by atoms with E-state index in [4.69, 9.17) is 9.47 Å². The number of imidazole rings is 1. The molecule has 4 rings (SSSR count). The molecule has 1 atom stereocenters. The second-order valence-electron chi connectivity index (χ2n) is 7.90. The zero-order chi connectivity index (χ0) is 22.3. The Balaban J connectivity index is 1.39. The zero-order valence-electron chi connectivity index (χ0n) is 18.2. The lowest BCUT2D eigenvalue weighted by molar-refractivity contribution is -0.137. The molecule has 0 saturated heterocycles. The molecule has 0 fully saturated rings. The normalized spacial score (nSPS) is 15.2. The van der Waals surface area contributed by atoms with E-state index in [9.17, 15) is 9.18 Å². The van der Waals surface area contributed by atoms with Crippen molar-refractivity contribution >= 4 is 5.91 Å². The highest BCUT2D eigenvalue weighted by molar-refractivity contribution is 5.79. The van der Waals surface area contributed by atoms with Gasteiger partial charge in [-0.25, -0.2) is 9.37 Å². The summed E-state index contributed by atoms with van der Waals surface area (Å²) in [6, 6.07) is 16.0. The largest absolute Gasteiger partial charge is 0.492 e. The standard InChI is InChI=1S/C25H28FN3O3/c1-31-15-13-28(14-16-32-23-9-7-21(26)8-10-23)25(30)20-11-12-29-22(17-20)18-27-24(29)19-5-3-2-4-6-19/h2-10,18,20H,11-17H2,1H3/t20-/m0/s1. The molecule has 7 heteroatoms. The summed E-state index contributed by atoms with van der Waals surface area (Å²) in [6.45, 7) is 2.52. The quantitative estimate of drug-likeness (QED) is 0.511. The van der Waals surface area contributed by atoms with Crippen molar-refractivity contribution in [1.29, 1.82) is 0 Å². The number of hydrogen-bond acceptors (Lipinski definition) is 4. The van der Waals surface area contributed by atoms with E-state index < -0.39 is 0 Å². The van der Waals surface area contributed by atoms with Crippen LogP contribution in [0.4, 0.5) is 4.39 Å². The molecule has 6 nitrogen and oxygen atoms in total. The average Bonchev–Trinajstić information content (AvgIpc) is 3.26. The number of carbonyl (C=O) groups is 1. The predicted molar refractivity (Wildman–Crippen MR) is 120 cm³/mol. The summed E-state index contributed by atoms with van der Waals surface area (Å²) in [6.07, 6.45) is 3.32. The van der Waals surface area contributed by atoms with Gasteiger partial charge >= 0.3 is 0 Å². The maximum atomic E-state index is 13.3. The Kier molecular flexibility index (Phi) is 7.17. The Hall–Kier alpha value is -3.19. The highest BCUT2D eigenvalue weighted by Crippen LogP contribution is 2.28. The lowest BCUT2D eigenvalue weighted by Gasteiger charge is -2.30. The second kappa shape index (κ2) is 10.4. The third-order valence-corrected chi connectivity index (χ3v) is 5.80.